The molecule has 2 aromatic rings. The van der Waals surface area contributed by atoms with Gasteiger partial charge in [0.1, 0.15) is 0 Å². The first-order valence-corrected chi connectivity index (χ1v) is 5.67. The number of halogens is 1. The van der Waals surface area contributed by atoms with Crippen molar-refractivity contribution in [3.05, 3.63) is 64.1 Å². The third kappa shape index (κ3) is 2.65. The molecule has 0 aliphatic heterocycles. The van der Waals surface area contributed by atoms with Gasteiger partial charge in [-0.2, -0.15) is 0 Å². The standard InChI is InChI=1S/C14H10BrN/c15-13-9-6-11(7-10-13)5-8-12-3-1-2-4-14(12)16/h1-4,6-7,9-10H,16H2. The molecule has 0 radical (unpaired) electrons. The van der Waals surface area contributed by atoms with E-state index in [9.17, 15) is 0 Å². The van der Waals surface area contributed by atoms with Crippen molar-refractivity contribution in [2.75, 3.05) is 5.73 Å². The van der Waals surface area contributed by atoms with Crippen LogP contribution in [0.3, 0.4) is 0 Å². The Balaban J connectivity index is 2.29. The zero-order valence-corrected chi connectivity index (χ0v) is 10.2. The predicted octanol–water partition coefficient (Wildman–Crippen LogP) is 3.43. The zero-order valence-electron chi connectivity index (χ0n) is 8.57. The summed E-state index contributed by atoms with van der Waals surface area (Å²) in [7, 11) is 0. The third-order valence-electron chi connectivity index (χ3n) is 2.15. The second kappa shape index (κ2) is 4.87. The molecule has 1 nitrogen and oxygen atoms in total. The van der Waals surface area contributed by atoms with E-state index in [0.717, 1.165) is 15.6 Å². The highest BCUT2D eigenvalue weighted by Gasteiger charge is 1.91. The Kier molecular flexibility index (Phi) is 3.28. The first kappa shape index (κ1) is 10.8. The van der Waals surface area contributed by atoms with Crippen molar-refractivity contribution in [2.24, 2.45) is 0 Å². The smallest absolute Gasteiger partial charge is 0.0478 e. The molecular formula is C14H10BrN. The maximum Gasteiger partial charge on any atom is 0.0478 e. The maximum atomic E-state index is 5.80. The Morgan fingerprint density at radius 3 is 2.25 bits per heavy atom. The maximum absolute atomic E-state index is 5.80. The van der Waals surface area contributed by atoms with Crippen molar-refractivity contribution < 1.29 is 0 Å². The molecule has 2 N–H and O–H groups in total. The van der Waals surface area contributed by atoms with E-state index in [0.29, 0.717) is 5.69 Å². The van der Waals surface area contributed by atoms with Crippen molar-refractivity contribution in [3.8, 4) is 11.8 Å². The van der Waals surface area contributed by atoms with Gasteiger partial charge in [0.25, 0.3) is 0 Å². The van der Waals surface area contributed by atoms with Crippen LogP contribution >= 0.6 is 15.9 Å². The SMILES string of the molecule is Nc1ccccc1C#Cc1ccc(Br)cc1. The minimum Gasteiger partial charge on any atom is -0.398 e. The van der Waals surface area contributed by atoms with Crippen molar-refractivity contribution >= 4 is 21.6 Å². The molecule has 0 bridgehead atoms. The van der Waals surface area contributed by atoms with E-state index in [-0.39, 0.29) is 0 Å². The number of anilines is 1. The fourth-order valence-corrected chi connectivity index (χ4v) is 1.55. The number of rotatable bonds is 0. The molecule has 0 fully saturated rings. The Morgan fingerprint density at radius 1 is 0.875 bits per heavy atom. The molecule has 16 heavy (non-hydrogen) atoms. The van der Waals surface area contributed by atoms with Crippen molar-refractivity contribution in [2.45, 2.75) is 0 Å². The van der Waals surface area contributed by atoms with Crippen LogP contribution in [0.15, 0.2) is 53.0 Å². The van der Waals surface area contributed by atoms with Crippen LogP contribution in [0.1, 0.15) is 11.1 Å². The summed E-state index contributed by atoms with van der Waals surface area (Å²) < 4.78 is 1.05. The van der Waals surface area contributed by atoms with Gasteiger partial charge in [-0.1, -0.05) is 39.9 Å². The molecule has 0 saturated carbocycles. The van der Waals surface area contributed by atoms with Crippen LogP contribution in [0, 0.1) is 11.8 Å². The van der Waals surface area contributed by atoms with Gasteiger partial charge in [-0.25, -0.2) is 0 Å². The predicted molar refractivity (Wildman–Crippen MR) is 71.0 cm³/mol. The highest BCUT2D eigenvalue weighted by Crippen LogP contribution is 2.11. The largest absolute Gasteiger partial charge is 0.398 e. The van der Waals surface area contributed by atoms with Crippen LogP contribution in [0.2, 0.25) is 0 Å². The van der Waals surface area contributed by atoms with E-state index in [2.05, 4.69) is 27.8 Å². The summed E-state index contributed by atoms with van der Waals surface area (Å²) >= 11 is 3.38. The molecule has 0 atom stereocenters. The molecule has 0 heterocycles. The Morgan fingerprint density at radius 2 is 1.56 bits per heavy atom. The van der Waals surface area contributed by atoms with Crippen LogP contribution in [0.4, 0.5) is 5.69 Å². The lowest BCUT2D eigenvalue weighted by atomic mass is 10.1. The van der Waals surface area contributed by atoms with Crippen LogP contribution in [0.5, 0.6) is 0 Å². The molecular weight excluding hydrogens is 262 g/mol. The molecule has 2 aromatic carbocycles. The Bertz CT molecular complexity index is 547. The van der Waals surface area contributed by atoms with Gasteiger partial charge in [0.05, 0.1) is 0 Å². The first-order chi connectivity index (χ1) is 7.75. The van der Waals surface area contributed by atoms with Crippen LogP contribution in [-0.4, -0.2) is 0 Å². The second-order valence-electron chi connectivity index (χ2n) is 3.34. The molecule has 0 amide bonds. The average Bonchev–Trinajstić information content (AvgIpc) is 2.30. The lowest BCUT2D eigenvalue weighted by Gasteiger charge is -1.95. The van der Waals surface area contributed by atoms with Crippen molar-refractivity contribution in [3.63, 3.8) is 0 Å². The third-order valence-corrected chi connectivity index (χ3v) is 2.68. The van der Waals surface area contributed by atoms with Crippen LogP contribution in [-0.2, 0) is 0 Å². The molecule has 0 aromatic heterocycles. The molecule has 0 spiro atoms. The van der Waals surface area contributed by atoms with E-state index >= 15 is 0 Å². The second-order valence-corrected chi connectivity index (χ2v) is 4.26. The van der Waals surface area contributed by atoms with E-state index in [4.69, 9.17) is 5.73 Å². The fourth-order valence-electron chi connectivity index (χ4n) is 1.28. The number of para-hydroxylation sites is 1. The quantitative estimate of drug-likeness (QED) is 0.577. The number of benzene rings is 2. The zero-order chi connectivity index (χ0) is 11.4. The van der Waals surface area contributed by atoms with Gasteiger partial charge in [0.15, 0.2) is 0 Å². The molecule has 2 heteroatoms. The van der Waals surface area contributed by atoms with Gasteiger partial charge >= 0.3 is 0 Å². The van der Waals surface area contributed by atoms with Crippen LogP contribution < -0.4 is 5.73 Å². The summed E-state index contributed by atoms with van der Waals surface area (Å²) in [5, 5.41) is 0. The Labute approximate surface area is 103 Å². The summed E-state index contributed by atoms with van der Waals surface area (Å²) in [6.07, 6.45) is 0. The van der Waals surface area contributed by atoms with Crippen molar-refractivity contribution in [1.29, 1.82) is 0 Å². The van der Waals surface area contributed by atoms with Gasteiger partial charge in [0, 0.05) is 21.3 Å². The van der Waals surface area contributed by atoms with E-state index in [1.807, 2.05) is 48.5 Å². The minimum absolute atomic E-state index is 0.715. The van der Waals surface area contributed by atoms with Gasteiger partial charge in [-0.3, -0.25) is 0 Å². The molecule has 2 rings (SSSR count). The average molecular weight is 272 g/mol. The fraction of sp³-hybridized carbons (Fsp3) is 0. The summed E-state index contributed by atoms with van der Waals surface area (Å²) in [4.78, 5) is 0. The number of hydrogen-bond donors (Lipinski definition) is 1. The molecule has 0 aliphatic carbocycles. The van der Waals surface area contributed by atoms with Gasteiger partial charge < -0.3 is 5.73 Å². The lowest BCUT2D eigenvalue weighted by Crippen LogP contribution is -1.88. The number of nitrogen functional groups attached to an aromatic ring is 1. The summed E-state index contributed by atoms with van der Waals surface area (Å²) in [5.74, 6) is 6.14. The topological polar surface area (TPSA) is 26.0 Å². The van der Waals surface area contributed by atoms with E-state index < -0.39 is 0 Å². The van der Waals surface area contributed by atoms with E-state index in [1.54, 1.807) is 0 Å². The summed E-state index contributed by atoms with van der Waals surface area (Å²) in [6, 6.07) is 15.5. The normalized spacial score (nSPS) is 9.31. The van der Waals surface area contributed by atoms with E-state index in [1.165, 1.54) is 0 Å². The monoisotopic (exact) mass is 271 g/mol. The van der Waals surface area contributed by atoms with Gasteiger partial charge in [-0.05, 0) is 36.4 Å². The minimum atomic E-state index is 0.715. The lowest BCUT2D eigenvalue weighted by molar-refractivity contribution is 1.59. The van der Waals surface area contributed by atoms with Gasteiger partial charge in [0.2, 0.25) is 0 Å². The molecule has 78 valence electrons. The number of hydrogen-bond acceptors (Lipinski definition) is 1. The number of nitrogens with two attached hydrogens (primary N) is 1. The molecule has 0 aliphatic rings. The highest BCUT2D eigenvalue weighted by atomic mass is 79.9. The highest BCUT2D eigenvalue weighted by molar-refractivity contribution is 9.10. The summed E-state index contributed by atoms with van der Waals surface area (Å²) in [6.45, 7) is 0. The molecule has 0 saturated heterocycles. The molecule has 0 unspecified atom stereocenters. The summed E-state index contributed by atoms with van der Waals surface area (Å²) in [5.41, 5.74) is 8.36. The Hall–Kier alpha value is -1.72. The van der Waals surface area contributed by atoms with Gasteiger partial charge in [-0.15, -0.1) is 0 Å². The van der Waals surface area contributed by atoms with Crippen LogP contribution in [0.25, 0.3) is 0 Å². The first-order valence-electron chi connectivity index (χ1n) is 4.88. The van der Waals surface area contributed by atoms with Crippen molar-refractivity contribution in [1.82, 2.24) is 0 Å².